The van der Waals surface area contributed by atoms with Crippen LogP contribution in [0.4, 0.5) is 0 Å². The average Bonchev–Trinajstić information content (AvgIpc) is 1.69. The first-order valence-corrected chi connectivity index (χ1v) is 2.63. The third kappa shape index (κ3) is 1.24. The van der Waals surface area contributed by atoms with E-state index in [1.165, 1.54) is 5.30 Å². The standard InChI is InChI=1S/C5H6NP/c7-5-1-3-6-4-2-5/h1-4H,7H2. The molecule has 1 atom stereocenters. The molecule has 1 heterocycles. The zero-order valence-electron chi connectivity index (χ0n) is 3.83. The summed E-state index contributed by atoms with van der Waals surface area (Å²) in [6.45, 7) is 0. The van der Waals surface area contributed by atoms with E-state index in [9.17, 15) is 0 Å². The number of pyridine rings is 1. The van der Waals surface area contributed by atoms with Crippen molar-refractivity contribution in [1.29, 1.82) is 0 Å². The lowest BCUT2D eigenvalue weighted by atomic mass is 10.5. The molecule has 1 nitrogen and oxygen atoms in total. The summed E-state index contributed by atoms with van der Waals surface area (Å²) < 4.78 is 0. The highest BCUT2D eigenvalue weighted by atomic mass is 31.0. The molecule has 1 aromatic heterocycles. The van der Waals surface area contributed by atoms with Crippen molar-refractivity contribution < 1.29 is 0 Å². The van der Waals surface area contributed by atoms with Crippen LogP contribution in [-0.4, -0.2) is 4.98 Å². The first-order chi connectivity index (χ1) is 3.39. The number of hydrogen-bond acceptors (Lipinski definition) is 1. The summed E-state index contributed by atoms with van der Waals surface area (Å²) in [5, 5.41) is 1.18. The Balaban J connectivity index is 3.02. The Labute approximate surface area is 45.0 Å². The Morgan fingerprint density at radius 3 is 2.14 bits per heavy atom. The van der Waals surface area contributed by atoms with Crippen molar-refractivity contribution in [2.75, 3.05) is 0 Å². The minimum atomic E-state index is 1.18. The van der Waals surface area contributed by atoms with Crippen molar-refractivity contribution in [2.24, 2.45) is 0 Å². The predicted octanol–water partition coefficient (Wildman–Crippen LogP) is 0.582. The van der Waals surface area contributed by atoms with Gasteiger partial charge in [-0.1, -0.05) is 0 Å². The minimum absolute atomic E-state index is 1.18. The second kappa shape index (κ2) is 2.04. The Kier molecular flexibility index (Phi) is 1.38. The number of aromatic nitrogens is 1. The maximum absolute atomic E-state index is 3.83. The molecule has 0 aliphatic heterocycles. The average molecular weight is 111 g/mol. The molecule has 1 unspecified atom stereocenters. The van der Waals surface area contributed by atoms with Crippen LogP contribution >= 0.6 is 9.24 Å². The maximum Gasteiger partial charge on any atom is 0.0273 e. The van der Waals surface area contributed by atoms with Gasteiger partial charge in [-0.25, -0.2) is 0 Å². The molecule has 36 valence electrons. The van der Waals surface area contributed by atoms with E-state index in [0.29, 0.717) is 0 Å². The summed E-state index contributed by atoms with van der Waals surface area (Å²) >= 11 is 0. The van der Waals surface area contributed by atoms with Gasteiger partial charge in [-0.2, -0.15) is 0 Å². The molecule has 0 aliphatic rings. The van der Waals surface area contributed by atoms with Crippen molar-refractivity contribution in [3.8, 4) is 0 Å². The van der Waals surface area contributed by atoms with Crippen LogP contribution in [0.2, 0.25) is 0 Å². The van der Waals surface area contributed by atoms with E-state index >= 15 is 0 Å². The lowest BCUT2D eigenvalue weighted by Gasteiger charge is -1.82. The molecule has 0 fully saturated rings. The molecule has 0 radical (unpaired) electrons. The van der Waals surface area contributed by atoms with Crippen LogP contribution in [0.1, 0.15) is 0 Å². The molecule has 0 bridgehead atoms. The van der Waals surface area contributed by atoms with Crippen LogP contribution in [-0.2, 0) is 0 Å². The van der Waals surface area contributed by atoms with Gasteiger partial charge in [-0.3, -0.25) is 4.98 Å². The summed E-state index contributed by atoms with van der Waals surface area (Å²) in [6.07, 6.45) is 3.53. The van der Waals surface area contributed by atoms with Gasteiger partial charge in [0.1, 0.15) is 0 Å². The molecule has 0 N–H and O–H groups in total. The van der Waals surface area contributed by atoms with Crippen molar-refractivity contribution in [3.05, 3.63) is 24.5 Å². The van der Waals surface area contributed by atoms with Crippen molar-refractivity contribution >= 4 is 14.5 Å². The zero-order valence-corrected chi connectivity index (χ0v) is 4.99. The van der Waals surface area contributed by atoms with E-state index in [0.717, 1.165) is 0 Å². The second-order valence-electron chi connectivity index (χ2n) is 1.28. The molecule has 1 aromatic rings. The minimum Gasteiger partial charge on any atom is -0.265 e. The van der Waals surface area contributed by atoms with Gasteiger partial charge < -0.3 is 0 Å². The molecule has 1 rings (SSSR count). The fourth-order valence-corrected chi connectivity index (χ4v) is 0.536. The van der Waals surface area contributed by atoms with E-state index in [1.807, 2.05) is 12.1 Å². The lowest BCUT2D eigenvalue weighted by Crippen LogP contribution is -1.85. The topological polar surface area (TPSA) is 12.9 Å². The first kappa shape index (κ1) is 4.73. The molecule has 0 aromatic carbocycles. The van der Waals surface area contributed by atoms with Crippen molar-refractivity contribution in [2.45, 2.75) is 0 Å². The normalized spacial score (nSPS) is 8.71. The van der Waals surface area contributed by atoms with Crippen molar-refractivity contribution in [3.63, 3.8) is 0 Å². The smallest absolute Gasteiger partial charge is 0.0273 e. The summed E-state index contributed by atoms with van der Waals surface area (Å²) in [5.41, 5.74) is 0. The Morgan fingerprint density at radius 1 is 1.29 bits per heavy atom. The van der Waals surface area contributed by atoms with Gasteiger partial charge in [0.15, 0.2) is 0 Å². The van der Waals surface area contributed by atoms with E-state index in [1.54, 1.807) is 12.4 Å². The van der Waals surface area contributed by atoms with Gasteiger partial charge in [0.05, 0.1) is 0 Å². The van der Waals surface area contributed by atoms with Crippen LogP contribution in [0.3, 0.4) is 0 Å². The van der Waals surface area contributed by atoms with Gasteiger partial charge >= 0.3 is 0 Å². The van der Waals surface area contributed by atoms with Gasteiger partial charge in [0, 0.05) is 12.4 Å². The number of rotatable bonds is 0. The lowest BCUT2D eigenvalue weighted by molar-refractivity contribution is 1.34. The maximum atomic E-state index is 3.83. The highest BCUT2D eigenvalue weighted by Crippen LogP contribution is 1.82. The highest BCUT2D eigenvalue weighted by Gasteiger charge is 1.73. The van der Waals surface area contributed by atoms with Gasteiger partial charge in [-0.05, 0) is 17.4 Å². The predicted molar refractivity (Wildman–Crippen MR) is 33.6 cm³/mol. The largest absolute Gasteiger partial charge is 0.265 e. The molecular weight excluding hydrogens is 105 g/mol. The fraction of sp³-hybridized carbons (Fsp3) is 0. The van der Waals surface area contributed by atoms with Crippen LogP contribution in [0.15, 0.2) is 24.5 Å². The monoisotopic (exact) mass is 111 g/mol. The highest BCUT2D eigenvalue weighted by molar-refractivity contribution is 7.27. The Hall–Kier alpha value is -0.420. The quantitative estimate of drug-likeness (QED) is 0.446. The summed E-state index contributed by atoms with van der Waals surface area (Å²) in [4.78, 5) is 3.83. The summed E-state index contributed by atoms with van der Waals surface area (Å²) in [7, 11) is 2.59. The van der Waals surface area contributed by atoms with E-state index in [-0.39, 0.29) is 0 Å². The molecule has 0 saturated carbocycles. The van der Waals surface area contributed by atoms with Gasteiger partial charge in [0.2, 0.25) is 0 Å². The summed E-state index contributed by atoms with van der Waals surface area (Å²) in [5.74, 6) is 0. The summed E-state index contributed by atoms with van der Waals surface area (Å²) in [6, 6.07) is 3.87. The third-order valence-corrected chi connectivity index (χ3v) is 1.09. The van der Waals surface area contributed by atoms with E-state index in [4.69, 9.17) is 0 Å². The molecule has 2 heteroatoms. The number of hydrogen-bond donors (Lipinski definition) is 0. The Morgan fingerprint density at radius 2 is 1.86 bits per heavy atom. The molecule has 7 heavy (non-hydrogen) atoms. The first-order valence-electron chi connectivity index (χ1n) is 2.05. The molecule has 0 amide bonds. The molecule has 0 spiro atoms. The SMILES string of the molecule is Pc1ccncc1. The molecule has 0 aliphatic carbocycles. The van der Waals surface area contributed by atoms with Crippen LogP contribution in [0, 0.1) is 0 Å². The second-order valence-corrected chi connectivity index (χ2v) is 1.95. The van der Waals surface area contributed by atoms with Crippen molar-refractivity contribution in [1.82, 2.24) is 4.98 Å². The van der Waals surface area contributed by atoms with Crippen LogP contribution in [0.25, 0.3) is 0 Å². The van der Waals surface area contributed by atoms with Gasteiger partial charge in [0.25, 0.3) is 0 Å². The number of nitrogens with zero attached hydrogens (tertiary/aromatic N) is 1. The Bertz CT molecular complexity index is 138. The van der Waals surface area contributed by atoms with Crippen LogP contribution in [0.5, 0.6) is 0 Å². The fourth-order valence-electron chi connectivity index (χ4n) is 0.363. The zero-order chi connectivity index (χ0) is 5.11. The van der Waals surface area contributed by atoms with Crippen LogP contribution < -0.4 is 5.30 Å². The van der Waals surface area contributed by atoms with Gasteiger partial charge in [-0.15, -0.1) is 9.24 Å². The van der Waals surface area contributed by atoms with E-state index < -0.39 is 0 Å². The third-order valence-electron chi connectivity index (χ3n) is 0.706. The molecular formula is C5H6NP. The van der Waals surface area contributed by atoms with E-state index in [2.05, 4.69) is 14.2 Å². The molecule has 0 saturated heterocycles.